The third-order valence-corrected chi connectivity index (χ3v) is 6.85. The highest BCUT2D eigenvalue weighted by atomic mass is 32.1. The van der Waals surface area contributed by atoms with E-state index < -0.39 is 5.97 Å². The number of carbonyl (C=O) groups excluding carboxylic acids is 2. The van der Waals surface area contributed by atoms with Crippen LogP contribution in [0, 0.1) is 0 Å². The SMILES string of the molecule is CCOC(=O)c1c(-c2ccc(C(C)C)cc2)csc1NC(=O)/C=C/c1ccc(OCc2ccccc2)cc1. The number of ether oxygens (including phenoxy) is 2. The Bertz CT molecular complexity index is 1390. The minimum Gasteiger partial charge on any atom is -0.489 e. The summed E-state index contributed by atoms with van der Waals surface area (Å²) in [4.78, 5) is 25.6. The largest absolute Gasteiger partial charge is 0.489 e. The number of nitrogens with one attached hydrogen (secondary N) is 1. The van der Waals surface area contributed by atoms with E-state index in [9.17, 15) is 9.59 Å². The Labute approximate surface area is 227 Å². The first-order valence-electron chi connectivity index (χ1n) is 12.6. The lowest BCUT2D eigenvalue weighted by molar-refractivity contribution is -0.111. The van der Waals surface area contributed by atoms with Crippen molar-refractivity contribution in [2.75, 3.05) is 11.9 Å². The van der Waals surface area contributed by atoms with Crippen molar-refractivity contribution in [2.45, 2.75) is 33.3 Å². The quantitative estimate of drug-likeness (QED) is 0.169. The fraction of sp³-hybridized carbons (Fsp3) is 0.188. The highest BCUT2D eigenvalue weighted by Gasteiger charge is 2.22. The number of rotatable bonds is 10. The van der Waals surface area contributed by atoms with Crippen LogP contribution in [-0.4, -0.2) is 18.5 Å². The number of amides is 1. The molecule has 0 atom stereocenters. The maximum atomic E-state index is 12.8. The number of esters is 1. The maximum absolute atomic E-state index is 12.8. The Balaban J connectivity index is 1.44. The molecule has 0 unspecified atom stereocenters. The van der Waals surface area contributed by atoms with E-state index in [0.717, 1.165) is 28.0 Å². The van der Waals surface area contributed by atoms with Crippen LogP contribution in [0.4, 0.5) is 5.00 Å². The number of anilines is 1. The van der Waals surface area contributed by atoms with Crippen molar-refractivity contribution < 1.29 is 19.1 Å². The van der Waals surface area contributed by atoms with E-state index in [1.165, 1.54) is 23.0 Å². The van der Waals surface area contributed by atoms with Crippen molar-refractivity contribution in [1.29, 1.82) is 0 Å². The van der Waals surface area contributed by atoms with Crippen molar-refractivity contribution in [2.24, 2.45) is 0 Å². The summed E-state index contributed by atoms with van der Waals surface area (Å²) in [6.45, 7) is 6.78. The summed E-state index contributed by atoms with van der Waals surface area (Å²) in [6, 6.07) is 25.6. The van der Waals surface area contributed by atoms with Gasteiger partial charge in [0.15, 0.2) is 0 Å². The van der Waals surface area contributed by atoms with Crippen LogP contribution in [0.2, 0.25) is 0 Å². The summed E-state index contributed by atoms with van der Waals surface area (Å²) in [5.74, 6) is 0.378. The number of thiophene rings is 1. The first kappa shape index (κ1) is 26.9. The zero-order chi connectivity index (χ0) is 26.9. The van der Waals surface area contributed by atoms with E-state index in [1.54, 1.807) is 13.0 Å². The van der Waals surface area contributed by atoms with E-state index in [0.29, 0.717) is 23.1 Å². The van der Waals surface area contributed by atoms with Gasteiger partial charge in [-0.05, 0) is 53.3 Å². The number of hydrogen-bond donors (Lipinski definition) is 1. The van der Waals surface area contributed by atoms with Crippen LogP contribution >= 0.6 is 11.3 Å². The lowest BCUT2D eigenvalue weighted by Crippen LogP contribution is -2.12. The molecule has 0 aliphatic heterocycles. The molecular formula is C32H31NO4S. The van der Waals surface area contributed by atoms with Gasteiger partial charge >= 0.3 is 5.97 Å². The van der Waals surface area contributed by atoms with Gasteiger partial charge in [-0.15, -0.1) is 11.3 Å². The highest BCUT2D eigenvalue weighted by molar-refractivity contribution is 7.15. The van der Waals surface area contributed by atoms with Gasteiger partial charge in [-0.1, -0.05) is 80.6 Å². The predicted molar refractivity (Wildman–Crippen MR) is 155 cm³/mol. The molecular weight excluding hydrogens is 494 g/mol. The second-order valence-electron chi connectivity index (χ2n) is 9.02. The average molecular weight is 526 g/mol. The molecule has 38 heavy (non-hydrogen) atoms. The van der Waals surface area contributed by atoms with Gasteiger partial charge in [0.2, 0.25) is 5.91 Å². The van der Waals surface area contributed by atoms with Gasteiger partial charge in [0.05, 0.1) is 6.61 Å². The van der Waals surface area contributed by atoms with Gasteiger partial charge in [0.1, 0.15) is 22.9 Å². The Morgan fingerprint density at radius 2 is 1.66 bits per heavy atom. The Hall–Kier alpha value is -4.16. The van der Waals surface area contributed by atoms with Crippen LogP contribution in [0.3, 0.4) is 0 Å². The fourth-order valence-corrected chi connectivity index (χ4v) is 4.82. The predicted octanol–water partition coefficient (Wildman–Crippen LogP) is 7.95. The zero-order valence-corrected chi connectivity index (χ0v) is 22.6. The molecule has 4 aromatic rings. The third kappa shape index (κ3) is 6.99. The molecule has 0 bridgehead atoms. The molecule has 3 aromatic carbocycles. The van der Waals surface area contributed by atoms with Gasteiger partial charge in [-0.3, -0.25) is 4.79 Å². The summed E-state index contributed by atoms with van der Waals surface area (Å²) in [5, 5.41) is 5.20. The maximum Gasteiger partial charge on any atom is 0.341 e. The normalized spacial score (nSPS) is 11.1. The summed E-state index contributed by atoms with van der Waals surface area (Å²) >= 11 is 1.31. The van der Waals surface area contributed by atoms with Crippen molar-refractivity contribution in [1.82, 2.24) is 0 Å². The number of benzene rings is 3. The third-order valence-electron chi connectivity index (χ3n) is 5.95. The van der Waals surface area contributed by atoms with Crippen molar-refractivity contribution in [3.05, 3.63) is 113 Å². The number of carbonyl (C=O) groups is 2. The Morgan fingerprint density at radius 1 is 0.947 bits per heavy atom. The van der Waals surface area contributed by atoms with E-state index in [4.69, 9.17) is 9.47 Å². The second-order valence-corrected chi connectivity index (χ2v) is 9.90. The molecule has 0 saturated heterocycles. The Morgan fingerprint density at radius 3 is 2.32 bits per heavy atom. The van der Waals surface area contributed by atoms with Crippen molar-refractivity contribution >= 4 is 34.3 Å². The van der Waals surface area contributed by atoms with E-state index >= 15 is 0 Å². The molecule has 1 N–H and O–H groups in total. The smallest absolute Gasteiger partial charge is 0.341 e. The van der Waals surface area contributed by atoms with Gasteiger partial charge in [0.25, 0.3) is 0 Å². The van der Waals surface area contributed by atoms with Gasteiger partial charge in [-0.25, -0.2) is 4.79 Å². The molecule has 5 nitrogen and oxygen atoms in total. The van der Waals surface area contributed by atoms with E-state index in [1.807, 2.05) is 72.1 Å². The molecule has 6 heteroatoms. The molecule has 194 valence electrons. The average Bonchev–Trinajstić information content (AvgIpc) is 3.35. The van der Waals surface area contributed by atoms with Crippen molar-refractivity contribution in [3.63, 3.8) is 0 Å². The fourth-order valence-electron chi connectivity index (χ4n) is 3.86. The van der Waals surface area contributed by atoms with Crippen LogP contribution in [0.1, 0.15) is 53.7 Å². The van der Waals surface area contributed by atoms with Gasteiger partial charge < -0.3 is 14.8 Å². The molecule has 1 heterocycles. The molecule has 0 aliphatic rings. The molecule has 1 aromatic heterocycles. The number of hydrogen-bond acceptors (Lipinski definition) is 5. The van der Waals surface area contributed by atoms with E-state index in [2.05, 4.69) is 31.3 Å². The molecule has 0 aliphatic carbocycles. The van der Waals surface area contributed by atoms with Crippen LogP contribution in [0.5, 0.6) is 5.75 Å². The molecule has 1 amide bonds. The van der Waals surface area contributed by atoms with E-state index in [-0.39, 0.29) is 12.5 Å². The van der Waals surface area contributed by atoms with Crippen LogP contribution < -0.4 is 10.1 Å². The van der Waals surface area contributed by atoms with Crippen LogP contribution in [0.25, 0.3) is 17.2 Å². The lowest BCUT2D eigenvalue weighted by atomic mass is 9.98. The van der Waals surface area contributed by atoms with Gasteiger partial charge in [-0.2, -0.15) is 0 Å². The second kappa shape index (κ2) is 12.9. The molecule has 0 saturated carbocycles. The first-order chi connectivity index (χ1) is 18.4. The topological polar surface area (TPSA) is 64.6 Å². The monoisotopic (exact) mass is 525 g/mol. The lowest BCUT2D eigenvalue weighted by Gasteiger charge is -2.09. The minimum absolute atomic E-state index is 0.249. The van der Waals surface area contributed by atoms with Gasteiger partial charge in [0, 0.05) is 17.0 Å². The minimum atomic E-state index is -0.456. The summed E-state index contributed by atoms with van der Waals surface area (Å²) < 4.78 is 11.1. The summed E-state index contributed by atoms with van der Waals surface area (Å²) in [5.41, 5.74) is 5.19. The first-order valence-corrected chi connectivity index (χ1v) is 13.5. The zero-order valence-electron chi connectivity index (χ0n) is 21.8. The molecule has 0 spiro atoms. The molecule has 0 radical (unpaired) electrons. The molecule has 4 rings (SSSR count). The summed E-state index contributed by atoms with van der Waals surface area (Å²) in [7, 11) is 0. The van der Waals surface area contributed by atoms with Crippen molar-refractivity contribution in [3.8, 4) is 16.9 Å². The van der Waals surface area contributed by atoms with Crippen LogP contribution in [-0.2, 0) is 16.1 Å². The Kier molecular flexibility index (Phi) is 9.11. The highest BCUT2D eigenvalue weighted by Crippen LogP contribution is 2.36. The standard InChI is InChI=1S/C32H31NO4S/c1-4-36-32(35)30-28(26-15-13-25(14-16-26)22(2)3)21-38-31(30)33-29(34)19-12-23-10-17-27(18-11-23)37-20-24-8-6-5-7-9-24/h5-19,21-22H,4,20H2,1-3H3,(H,33,34)/b19-12+. The molecule has 0 fully saturated rings. The summed E-state index contributed by atoms with van der Waals surface area (Å²) in [6.07, 6.45) is 3.17. The van der Waals surface area contributed by atoms with Crippen LogP contribution in [0.15, 0.2) is 90.3 Å².